The minimum absolute atomic E-state index is 0.927. The highest BCUT2D eigenvalue weighted by atomic mass is 16.5. The third-order valence-corrected chi connectivity index (χ3v) is 4.31. The summed E-state index contributed by atoms with van der Waals surface area (Å²) >= 11 is 0. The van der Waals surface area contributed by atoms with Gasteiger partial charge in [0.25, 0.3) is 0 Å². The first kappa shape index (κ1) is 12.7. The average Bonchev–Trinajstić information content (AvgIpc) is 3.07. The number of hydrogen-bond acceptors (Lipinski definition) is 3. The van der Waals surface area contributed by atoms with E-state index in [0.717, 1.165) is 43.9 Å². The van der Waals surface area contributed by atoms with Gasteiger partial charge in [0.05, 0.1) is 5.69 Å². The van der Waals surface area contributed by atoms with Crippen LogP contribution in [0.15, 0.2) is 34.9 Å². The Morgan fingerprint density at radius 3 is 3.10 bits per heavy atom. The van der Waals surface area contributed by atoms with Crippen LogP contribution in [0.4, 0.5) is 0 Å². The molecule has 21 heavy (non-hydrogen) atoms. The first-order valence-corrected chi connectivity index (χ1v) is 7.52. The molecule has 0 atom stereocenters. The number of nitrogens with one attached hydrogen (secondary N) is 1. The van der Waals surface area contributed by atoms with Crippen molar-refractivity contribution in [3.63, 3.8) is 0 Å². The van der Waals surface area contributed by atoms with E-state index in [1.54, 1.807) is 0 Å². The summed E-state index contributed by atoms with van der Waals surface area (Å²) in [5, 5.41) is 5.33. The van der Waals surface area contributed by atoms with E-state index in [-0.39, 0.29) is 0 Å². The van der Waals surface area contributed by atoms with Gasteiger partial charge in [-0.3, -0.25) is 4.90 Å². The fourth-order valence-electron chi connectivity index (χ4n) is 3.24. The van der Waals surface area contributed by atoms with E-state index in [4.69, 9.17) is 4.52 Å². The van der Waals surface area contributed by atoms with E-state index < -0.39 is 0 Å². The van der Waals surface area contributed by atoms with Crippen LogP contribution < -0.4 is 0 Å². The Kier molecular flexibility index (Phi) is 3.04. The summed E-state index contributed by atoms with van der Waals surface area (Å²) in [4.78, 5) is 6.05. The molecule has 0 radical (unpaired) electrons. The normalized spacial score (nSPS) is 15.5. The van der Waals surface area contributed by atoms with Gasteiger partial charge < -0.3 is 9.51 Å². The monoisotopic (exact) mass is 281 g/mol. The summed E-state index contributed by atoms with van der Waals surface area (Å²) in [5.41, 5.74) is 5.09. The molecule has 1 N–H and O–H groups in total. The van der Waals surface area contributed by atoms with Crippen LogP contribution in [0.5, 0.6) is 0 Å². The number of aryl methyl sites for hydroxylation is 1. The molecule has 4 nitrogen and oxygen atoms in total. The summed E-state index contributed by atoms with van der Waals surface area (Å²) in [6.07, 6.45) is 2.05. The molecule has 2 aromatic heterocycles. The predicted octanol–water partition coefficient (Wildman–Crippen LogP) is 3.07. The molecule has 1 aliphatic rings. The quantitative estimate of drug-likeness (QED) is 0.802. The molecule has 108 valence electrons. The second-order valence-corrected chi connectivity index (χ2v) is 5.84. The largest absolute Gasteiger partial charge is 0.361 e. The lowest BCUT2D eigenvalue weighted by Gasteiger charge is -2.26. The molecule has 3 heterocycles. The van der Waals surface area contributed by atoms with Crippen molar-refractivity contribution in [3.05, 3.63) is 53.0 Å². The van der Waals surface area contributed by atoms with Gasteiger partial charge in [0.15, 0.2) is 0 Å². The summed E-state index contributed by atoms with van der Waals surface area (Å²) in [7, 11) is 0. The number of aromatic amines is 1. The summed E-state index contributed by atoms with van der Waals surface area (Å²) in [6.45, 7) is 5.09. The summed E-state index contributed by atoms with van der Waals surface area (Å²) < 4.78 is 5.29. The second kappa shape index (κ2) is 5.04. The Hall–Kier alpha value is -2.07. The van der Waals surface area contributed by atoms with Crippen molar-refractivity contribution in [1.82, 2.24) is 15.0 Å². The van der Waals surface area contributed by atoms with E-state index in [2.05, 4.69) is 39.3 Å². The van der Waals surface area contributed by atoms with Gasteiger partial charge in [0.1, 0.15) is 5.76 Å². The minimum Gasteiger partial charge on any atom is -0.361 e. The zero-order chi connectivity index (χ0) is 14.2. The van der Waals surface area contributed by atoms with Crippen LogP contribution in [-0.4, -0.2) is 28.1 Å². The van der Waals surface area contributed by atoms with Crippen LogP contribution in [-0.2, 0) is 19.4 Å². The Morgan fingerprint density at radius 2 is 2.24 bits per heavy atom. The number of fused-ring (bicyclic) bond motifs is 3. The van der Waals surface area contributed by atoms with Crippen molar-refractivity contribution in [2.45, 2.75) is 26.3 Å². The van der Waals surface area contributed by atoms with Gasteiger partial charge in [0, 0.05) is 48.7 Å². The standard InChI is InChI=1S/C17H19N3O/c1-12-10-13(21-19-12)6-8-20-9-7-15-14-4-2-3-5-16(14)18-17(15)11-20/h2-5,10,18H,6-9,11H2,1H3. The third kappa shape index (κ3) is 2.36. The molecule has 0 fully saturated rings. The molecule has 0 saturated heterocycles. The van der Waals surface area contributed by atoms with Gasteiger partial charge in [-0.05, 0) is 25.0 Å². The highest BCUT2D eigenvalue weighted by molar-refractivity contribution is 5.84. The first-order valence-electron chi connectivity index (χ1n) is 7.52. The Balaban J connectivity index is 1.49. The summed E-state index contributed by atoms with van der Waals surface area (Å²) in [5.74, 6) is 0.981. The maximum atomic E-state index is 5.29. The number of benzene rings is 1. The lowest BCUT2D eigenvalue weighted by atomic mass is 10.0. The molecule has 1 aromatic carbocycles. The fraction of sp³-hybridized carbons (Fsp3) is 0.353. The third-order valence-electron chi connectivity index (χ3n) is 4.31. The van der Waals surface area contributed by atoms with E-state index >= 15 is 0 Å². The lowest BCUT2D eigenvalue weighted by molar-refractivity contribution is 0.245. The molecule has 3 aromatic rings. The molecule has 4 rings (SSSR count). The van der Waals surface area contributed by atoms with Crippen LogP contribution in [0.3, 0.4) is 0 Å². The van der Waals surface area contributed by atoms with Crippen molar-refractivity contribution in [3.8, 4) is 0 Å². The molecule has 0 unspecified atom stereocenters. The number of para-hydroxylation sites is 1. The van der Waals surface area contributed by atoms with Crippen LogP contribution in [0.2, 0.25) is 0 Å². The van der Waals surface area contributed by atoms with Crippen molar-refractivity contribution < 1.29 is 4.52 Å². The molecule has 0 saturated carbocycles. The van der Waals surface area contributed by atoms with Gasteiger partial charge in [-0.1, -0.05) is 23.4 Å². The SMILES string of the molecule is Cc1cc(CCN2CCc3c([nH]c4ccccc34)C2)on1. The minimum atomic E-state index is 0.927. The van der Waals surface area contributed by atoms with Crippen LogP contribution in [0.1, 0.15) is 22.7 Å². The number of H-pyrrole nitrogens is 1. The van der Waals surface area contributed by atoms with E-state index in [9.17, 15) is 0 Å². The smallest absolute Gasteiger partial charge is 0.138 e. The van der Waals surface area contributed by atoms with Gasteiger partial charge in [-0.15, -0.1) is 0 Å². The topological polar surface area (TPSA) is 45.1 Å². The molecule has 0 bridgehead atoms. The highest BCUT2D eigenvalue weighted by Gasteiger charge is 2.20. The van der Waals surface area contributed by atoms with Crippen molar-refractivity contribution in [2.24, 2.45) is 0 Å². The number of hydrogen-bond donors (Lipinski definition) is 1. The molecule has 0 spiro atoms. The van der Waals surface area contributed by atoms with Gasteiger partial charge in [0.2, 0.25) is 0 Å². The zero-order valence-electron chi connectivity index (χ0n) is 12.2. The predicted molar refractivity (Wildman–Crippen MR) is 82.2 cm³/mol. The molecule has 4 heteroatoms. The van der Waals surface area contributed by atoms with Gasteiger partial charge >= 0.3 is 0 Å². The molecular formula is C17H19N3O. The van der Waals surface area contributed by atoms with Crippen molar-refractivity contribution in [1.29, 1.82) is 0 Å². The van der Waals surface area contributed by atoms with Crippen molar-refractivity contribution in [2.75, 3.05) is 13.1 Å². The number of aromatic nitrogens is 2. The van der Waals surface area contributed by atoms with E-state index in [1.165, 1.54) is 22.2 Å². The Morgan fingerprint density at radius 1 is 1.33 bits per heavy atom. The summed E-state index contributed by atoms with van der Waals surface area (Å²) in [6, 6.07) is 10.6. The first-order chi connectivity index (χ1) is 10.3. The maximum absolute atomic E-state index is 5.29. The second-order valence-electron chi connectivity index (χ2n) is 5.84. The van der Waals surface area contributed by atoms with Gasteiger partial charge in [-0.2, -0.15) is 0 Å². The van der Waals surface area contributed by atoms with E-state index in [1.807, 2.05) is 13.0 Å². The highest BCUT2D eigenvalue weighted by Crippen LogP contribution is 2.27. The fourth-order valence-corrected chi connectivity index (χ4v) is 3.24. The lowest BCUT2D eigenvalue weighted by Crippen LogP contribution is -2.32. The molecule has 0 aliphatic carbocycles. The molecule has 0 amide bonds. The van der Waals surface area contributed by atoms with Crippen LogP contribution >= 0.6 is 0 Å². The molecule has 1 aliphatic heterocycles. The van der Waals surface area contributed by atoms with Crippen molar-refractivity contribution >= 4 is 10.9 Å². The van der Waals surface area contributed by atoms with Gasteiger partial charge in [-0.25, -0.2) is 0 Å². The Labute approximate surface area is 123 Å². The Bertz CT molecular complexity index is 771. The number of nitrogens with zero attached hydrogens (tertiary/aromatic N) is 2. The van der Waals surface area contributed by atoms with Crippen LogP contribution in [0, 0.1) is 6.92 Å². The maximum Gasteiger partial charge on any atom is 0.138 e. The zero-order valence-corrected chi connectivity index (χ0v) is 12.2. The van der Waals surface area contributed by atoms with E-state index in [0.29, 0.717) is 0 Å². The molecular weight excluding hydrogens is 262 g/mol. The average molecular weight is 281 g/mol. The van der Waals surface area contributed by atoms with Crippen LogP contribution in [0.25, 0.3) is 10.9 Å². The number of rotatable bonds is 3.